The lowest BCUT2D eigenvalue weighted by Gasteiger charge is -2.15. The lowest BCUT2D eigenvalue weighted by Crippen LogP contribution is -2.33. The summed E-state index contributed by atoms with van der Waals surface area (Å²) in [5.74, 6) is -2.80. The second kappa shape index (κ2) is 8.64. The second-order valence-electron chi connectivity index (χ2n) is 6.94. The molecule has 10 heteroatoms. The maximum absolute atomic E-state index is 13.0. The number of ketones is 1. The van der Waals surface area contributed by atoms with Crippen LogP contribution in [0.5, 0.6) is 0 Å². The van der Waals surface area contributed by atoms with Crippen LogP contribution >= 0.6 is 11.6 Å². The summed E-state index contributed by atoms with van der Waals surface area (Å²) in [6.45, 7) is -0.639. The molecule has 0 aliphatic carbocycles. The van der Waals surface area contributed by atoms with E-state index in [2.05, 4.69) is 0 Å². The van der Waals surface area contributed by atoms with Crippen LogP contribution < -0.4 is 0 Å². The zero-order valence-electron chi connectivity index (χ0n) is 16.7. The van der Waals surface area contributed by atoms with Crippen LogP contribution in [0.3, 0.4) is 0 Å². The Kier molecular flexibility index (Phi) is 5.72. The standard InChI is InChI=1S/C23H13ClN2O7/c24-18-10-9-13(11-19(18)26(31)32)20(27)14-5-1-4-8-17(14)23(30)33-12-25-21(28)15-6-2-3-7-16(15)22(25)29/h1-11H,12H2. The Morgan fingerprint density at radius 3 is 2.09 bits per heavy atom. The van der Waals surface area contributed by atoms with E-state index in [0.717, 1.165) is 11.0 Å². The van der Waals surface area contributed by atoms with Gasteiger partial charge in [0.1, 0.15) is 5.02 Å². The summed E-state index contributed by atoms with van der Waals surface area (Å²) in [5.41, 5.74) is -0.282. The number of carbonyl (C=O) groups is 4. The monoisotopic (exact) mass is 464 g/mol. The summed E-state index contributed by atoms with van der Waals surface area (Å²) < 4.78 is 5.16. The van der Waals surface area contributed by atoms with Crippen LogP contribution in [0.1, 0.15) is 47.0 Å². The van der Waals surface area contributed by atoms with Gasteiger partial charge in [-0.15, -0.1) is 0 Å². The number of imide groups is 1. The molecular formula is C23H13ClN2O7. The number of carbonyl (C=O) groups excluding carboxylic acids is 4. The van der Waals surface area contributed by atoms with Crippen LogP contribution in [0, 0.1) is 10.1 Å². The molecule has 33 heavy (non-hydrogen) atoms. The van der Waals surface area contributed by atoms with Crippen molar-refractivity contribution in [2.75, 3.05) is 6.73 Å². The number of amides is 2. The Bertz CT molecular complexity index is 1320. The Labute approximate surface area is 191 Å². The van der Waals surface area contributed by atoms with E-state index in [1.54, 1.807) is 12.1 Å². The lowest BCUT2D eigenvalue weighted by molar-refractivity contribution is -0.384. The van der Waals surface area contributed by atoms with Crippen molar-refractivity contribution in [3.63, 3.8) is 0 Å². The molecule has 9 nitrogen and oxygen atoms in total. The number of ether oxygens (including phenoxy) is 1. The maximum Gasteiger partial charge on any atom is 0.340 e. The van der Waals surface area contributed by atoms with Gasteiger partial charge in [-0.2, -0.15) is 0 Å². The van der Waals surface area contributed by atoms with Gasteiger partial charge in [-0.25, -0.2) is 9.69 Å². The quantitative estimate of drug-likeness (QED) is 0.178. The minimum absolute atomic E-state index is 0.0494. The first-order valence-electron chi connectivity index (χ1n) is 9.49. The highest BCUT2D eigenvalue weighted by atomic mass is 35.5. The van der Waals surface area contributed by atoms with Crippen molar-refractivity contribution in [1.82, 2.24) is 4.90 Å². The molecule has 0 unspecified atom stereocenters. The first kappa shape index (κ1) is 21.8. The van der Waals surface area contributed by atoms with Crippen LogP contribution in [0.15, 0.2) is 66.7 Å². The van der Waals surface area contributed by atoms with Gasteiger partial charge in [-0.1, -0.05) is 41.9 Å². The molecule has 1 aliphatic rings. The Morgan fingerprint density at radius 2 is 1.48 bits per heavy atom. The van der Waals surface area contributed by atoms with Gasteiger partial charge in [0.15, 0.2) is 12.5 Å². The smallest absolute Gasteiger partial charge is 0.340 e. The van der Waals surface area contributed by atoms with Crippen LogP contribution in [0.25, 0.3) is 0 Å². The fraction of sp³-hybridized carbons (Fsp3) is 0.0435. The molecule has 0 saturated heterocycles. The zero-order valence-corrected chi connectivity index (χ0v) is 17.4. The van der Waals surface area contributed by atoms with Gasteiger partial charge in [0, 0.05) is 17.2 Å². The summed E-state index contributed by atoms with van der Waals surface area (Å²) in [4.78, 5) is 61.7. The van der Waals surface area contributed by atoms with E-state index in [1.807, 2.05) is 0 Å². The van der Waals surface area contributed by atoms with Crippen molar-refractivity contribution in [3.8, 4) is 0 Å². The summed E-state index contributed by atoms with van der Waals surface area (Å²) in [5, 5.41) is 11.0. The third-order valence-electron chi connectivity index (χ3n) is 5.00. The third-order valence-corrected chi connectivity index (χ3v) is 5.32. The molecule has 2 amide bonds. The molecule has 0 radical (unpaired) electrons. The van der Waals surface area contributed by atoms with Gasteiger partial charge < -0.3 is 4.74 Å². The predicted octanol–water partition coefficient (Wildman–Crippen LogP) is 3.89. The third kappa shape index (κ3) is 3.97. The topological polar surface area (TPSA) is 124 Å². The molecule has 3 aromatic carbocycles. The Balaban J connectivity index is 1.56. The molecule has 3 aromatic rings. The van der Waals surface area contributed by atoms with Crippen molar-refractivity contribution >= 4 is 40.9 Å². The Hall–Kier alpha value is -4.37. The molecule has 164 valence electrons. The number of nitro benzene ring substituents is 1. The zero-order chi connectivity index (χ0) is 23.7. The van der Waals surface area contributed by atoms with E-state index in [9.17, 15) is 29.3 Å². The maximum atomic E-state index is 13.0. The highest BCUT2D eigenvalue weighted by Crippen LogP contribution is 2.27. The van der Waals surface area contributed by atoms with Crippen LogP contribution in [-0.2, 0) is 4.74 Å². The number of hydrogen-bond donors (Lipinski definition) is 0. The average molecular weight is 465 g/mol. The van der Waals surface area contributed by atoms with E-state index in [-0.39, 0.29) is 32.8 Å². The van der Waals surface area contributed by atoms with E-state index in [0.29, 0.717) is 0 Å². The first-order chi connectivity index (χ1) is 15.8. The molecule has 0 atom stereocenters. The van der Waals surface area contributed by atoms with Crippen molar-refractivity contribution in [2.24, 2.45) is 0 Å². The van der Waals surface area contributed by atoms with E-state index < -0.39 is 40.9 Å². The largest absolute Gasteiger partial charge is 0.440 e. The molecule has 0 spiro atoms. The molecule has 1 aliphatic heterocycles. The molecule has 0 N–H and O–H groups in total. The molecule has 0 bridgehead atoms. The van der Waals surface area contributed by atoms with Crippen LogP contribution in [-0.4, -0.2) is 40.1 Å². The molecular weight excluding hydrogens is 452 g/mol. The fourth-order valence-corrected chi connectivity index (χ4v) is 3.55. The molecule has 0 saturated carbocycles. The summed E-state index contributed by atoms with van der Waals surface area (Å²) in [6, 6.07) is 15.5. The van der Waals surface area contributed by atoms with E-state index in [1.165, 1.54) is 48.5 Å². The van der Waals surface area contributed by atoms with Crippen molar-refractivity contribution in [3.05, 3.63) is 110 Å². The van der Waals surface area contributed by atoms with Gasteiger partial charge in [0.2, 0.25) is 0 Å². The van der Waals surface area contributed by atoms with Gasteiger partial charge in [0.05, 0.1) is 21.6 Å². The van der Waals surface area contributed by atoms with Gasteiger partial charge in [-0.3, -0.25) is 24.5 Å². The van der Waals surface area contributed by atoms with Gasteiger partial charge >= 0.3 is 5.97 Å². The van der Waals surface area contributed by atoms with E-state index in [4.69, 9.17) is 16.3 Å². The summed E-state index contributed by atoms with van der Waals surface area (Å²) in [7, 11) is 0. The average Bonchev–Trinajstić information content (AvgIpc) is 3.07. The van der Waals surface area contributed by atoms with Crippen LogP contribution in [0.4, 0.5) is 5.69 Å². The minimum atomic E-state index is -0.945. The second-order valence-corrected chi connectivity index (χ2v) is 7.35. The number of fused-ring (bicyclic) bond motifs is 1. The van der Waals surface area contributed by atoms with Crippen molar-refractivity contribution in [1.29, 1.82) is 0 Å². The summed E-state index contributed by atoms with van der Waals surface area (Å²) >= 11 is 5.80. The number of halogens is 1. The molecule has 1 heterocycles. The van der Waals surface area contributed by atoms with E-state index >= 15 is 0 Å². The van der Waals surface area contributed by atoms with Gasteiger partial charge in [0.25, 0.3) is 17.5 Å². The number of nitrogens with zero attached hydrogens (tertiary/aromatic N) is 2. The highest BCUT2D eigenvalue weighted by molar-refractivity contribution is 6.33. The normalized spacial score (nSPS) is 12.5. The molecule has 0 fully saturated rings. The summed E-state index contributed by atoms with van der Waals surface area (Å²) in [6.07, 6.45) is 0. The number of esters is 1. The highest BCUT2D eigenvalue weighted by Gasteiger charge is 2.36. The van der Waals surface area contributed by atoms with Crippen molar-refractivity contribution < 1.29 is 28.8 Å². The minimum Gasteiger partial charge on any atom is -0.440 e. The lowest BCUT2D eigenvalue weighted by atomic mass is 9.98. The van der Waals surface area contributed by atoms with Gasteiger partial charge in [-0.05, 0) is 30.3 Å². The number of nitro groups is 1. The molecule has 0 aromatic heterocycles. The van der Waals surface area contributed by atoms with Crippen molar-refractivity contribution in [2.45, 2.75) is 0 Å². The number of rotatable bonds is 6. The predicted molar refractivity (Wildman–Crippen MR) is 115 cm³/mol. The van der Waals surface area contributed by atoms with Crippen LogP contribution in [0.2, 0.25) is 5.02 Å². The molecule has 4 rings (SSSR count). The Morgan fingerprint density at radius 1 is 0.909 bits per heavy atom. The number of hydrogen-bond acceptors (Lipinski definition) is 7. The fourth-order valence-electron chi connectivity index (χ4n) is 3.37. The SMILES string of the molecule is O=C(OCN1C(=O)c2ccccc2C1=O)c1ccccc1C(=O)c1ccc(Cl)c([N+](=O)[O-])c1. The first-order valence-corrected chi connectivity index (χ1v) is 9.87. The number of benzene rings is 3.